The van der Waals surface area contributed by atoms with E-state index in [1.54, 1.807) is 33.5 Å². The Kier molecular flexibility index (Phi) is 7.74. The van der Waals surface area contributed by atoms with Gasteiger partial charge in [-0.1, -0.05) is 12.1 Å². The Bertz CT molecular complexity index is 1250. The van der Waals surface area contributed by atoms with Gasteiger partial charge in [0, 0.05) is 24.4 Å². The Morgan fingerprint density at radius 3 is 2.28 bits per heavy atom. The van der Waals surface area contributed by atoms with Crippen molar-refractivity contribution in [2.75, 3.05) is 39.8 Å². The number of fused-ring (bicyclic) bond motifs is 1. The molecule has 9 nitrogen and oxygen atoms in total. The third-order valence-electron chi connectivity index (χ3n) is 6.06. The second-order valence-electron chi connectivity index (χ2n) is 8.06. The summed E-state index contributed by atoms with van der Waals surface area (Å²) in [7, 11) is 4.82. The number of non-ortho nitro benzene ring substituents is 1. The number of nitro groups is 1. The fourth-order valence-electron chi connectivity index (χ4n) is 4.22. The van der Waals surface area contributed by atoms with Crippen molar-refractivity contribution in [1.82, 2.24) is 4.90 Å². The molecule has 0 aromatic heterocycles. The molecule has 36 heavy (non-hydrogen) atoms. The molecule has 188 valence electrons. The molecule has 4 rings (SSSR count). The minimum atomic E-state index is -0.434. The van der Waals surface area contributed by atoms with Crippen LogP contribution in [0.4, 0.5) is 11.4 Å². The summed E-state index contributed by atoms with van der Waals surface area (Å²) in [4.78, 5) is 12.6. The molecule has 0 spiro atoms. The van der Waals surface area contributed by atoms with Crippen LogP contribution in [0.15, 0.2) is 60.7 Å². The zero-order valence-corrected chi connectivity index (χ0v) is 21.0. The van der Waals surface area contributed by atoms with Crippen molar-refractivity contribution < 1.29 is 23.9 Å². The zero-order chi connectivity index (χ0) is 25.7. The maximum atomic E-state index is 11.0. The molecule has 0 radical (unpaired) electrons. The number of ether oxygens (including phenoxy) is 4. The first-order chi connectivity index (χ1) is 17.4. The highest BCUT2D eigenvalue weighted by molar-refractivity contribution is 7.80. The summed E-state index contributed by atoms with van der Waals surface area (Å²) in [6, 6.07) is 17.3. The summed E-state index contributed by atoms with van der Waals surface area (Å²) in [5.41, 5.74) is 2.81. The Hall–Kier alpha value is -4.05. The molecular formula is C26H27N3O6S. The van der Waals surface area contributed by atoms with E-state index in [0.717, 1.165) is 17.5 Å². The van der Waals surface area contributed by atoms with Crippen LogP contribution in [-0.2, 0) is 6.42 Å². The minimum absolute atomic E-state index is 0.0162. The van der Waals surface area contributed by atoms with Crippen LogP contribution in [-0.4, -0.2) is 49.4 Å². The highest BCUT2D eigenvalue weighted by atomic mass is 32.1. The standard InChI is InChI=1S/C26H27N3O6S/c1-32-22-6-4-5-7-23(22)35-16-21-20-15-25(34-3)24(33-2)14-17(20)12-13-28(21)26(36)27-18-8-10-19(11-9-18)29(30)31/h4-11,14-15,21H,12-13,16H2,1-3H3,(H,27,36). The molecule has 0 aliphatic carbocycles. The lowest BCUT2D eigenvalue weighted by atomic mass is 9.92. The summed E-state index contributed by atoms with van der Waals surface area (Å²) in [5, 5.41) is 14.7. The number of hydrogen-bond acceptors (Lipinski definition) is 7. The van der Waals surface area contributed by atoms with E-state index in [0.29, 0.717) is 46.9 Å². The van der Waals surface area contributed by atoms with Crippen LogP contribution in [0, 0.1) is 10.1 Å². The van der Waals surface area contributed by atoms with Gasteiger partial charge in [0.05, 0.1) is 32.3 Å². The SMILES string of the molecule is COc1cc2c(cc1OC)C(COc1ccccc1OC)N(C(=S)Nc1ccc([N+](=O)[O-])cc1)CC2. The predicted octanol–water partition coefficient (Wildman–Crippen LogP) is 5.00. The largest absolute Gasteiger partial charge is 0.493 e. The number of methoxy groups -OCH3 is 3. The third kappa shape index (κ3) is 5.28. The maximum absolute atomic E-state index is 11.0. The van der Waals surface area contributed by atoms with E-state index in [2.05, 4.69) is 10.2 Å². The number of nitrogens with zero attached hydrogens (tertiary/aromatic N) is 2. The van der Waals surface area contributed by atoms with Crippen LogP contribution in [0.3, 0.4) is 0 Å². The number of rotatable bonds is 8. The molecule has 1 N–H and O–H groups in total. The lowest BCUT2D eigenvalue weighted by Crippen LogP contribution is -2.44. The van der Waals surface area contributed by atoms with Crippen LogP contribution in [0.25, 0.3) is 0 Å². The molecule has 1 unspecified atom stereocenters. The summed E-state index contributed by atoms with van der Waals surface area (Å²) in [6.45, 7) is 0.937. The molecule has 1 aliphatic heterocycles. The van der Waals surface area contributed by atoms with E-state index in [1.165, 1.54) is 12.1 Å². The fourth-order valence-corrected chi connectivity index (χ4v) is 4.56. The van der Waals surface area contributed by atoms with E-state index >= 15 is 0 Å². The number of nitro benzene ring substituents is 1. The van der Waals surface area contributed by atoms with Gasteiger partial charge in [0.1, 0.15) is 6.61 Å². The summed E-state index contributed by atoms with van der Waals surface area (Å²) >= 11 is 5.78. The molecule has 0 bridgehead atoms. The van der Waals surface area contributed by atoms with Crippen molar-refractivity contribution in [3.8, 4) is 23.0 Å². The highest BCUT2D eigenvalue weighted by Crippen LogP contribution is 2.39. The van der Waals surface area contributed by atoms with E-state index < -0.39 is 4.92 Å². The zero-order valence-electron chi connectivity index (χ0n) is 20.2. The van der Waals surface area contributed by atoms with Crippen LogP contribution >= 0.6 is 12.2 Å². The van der Waals surface area contributed by atoms with Crippen molar-refractivity contribution in [3.63, 3.8) is 0 Å². The van der Waals surface area contributed by atoms with Gasteiger partial charge in [-0.2, -0.15) is 0 Å². The Morgan fingerprint density at radius 2 is 1.64 bits per heavy atom. The van der Waals surface area contributed by atoms with Gasteiger partial charge in [0.2, 0.25) is 0 Å². The second-order valence-corrected chi connectivity index (χ2v) is 8.45. The number of nitrogens with one attached hydrogen (secondary N) is 1. The molecule has 1 heterocycles. The van der Waals surface area contributed by atoms with E-state index in [1.807, 2.05) is 36.4 Å². The normalized spacial score (nSPS) is 14.4. The van der Waals surface area contributed by atoms with Crippen molar-refractivity contribution in [1.29, 1.82) is 0 Å². The Morgan fingerprint density at radius 1 is 1.00 bits per heavy atom. The lowest BCUT2D eigenvalue weighted by Gasteiger charge is -2.39. The Labute approximate surface area is 214 Å². The predicted molar refractivity (Wildman–Crippen MR) is 141 cm³/mol. The summed E-state index contributed by atoms with van der Waals surface area (Å²) in [5.74, 6) is 2.55. The van der Waals surface area contributed by atoms with Crippen molar-refractivity contribution in [2.24, 2.45) is 0 Å². The van der Waals surface area contributed by atoms with Crippen molar-refractivity contribution in [2.45, 2.75) is 12.5 Å². The summed E-state index contributed by atoms with van der Waals surface area (Å²) < 4.78 is 22.7. The van der Waals surface area contributed by atoms with E-state index in [-0.39, 0.29) is 11.7 Å². The average Bonchev–Trinajstić information content (AvgIpc) is 2.91. The third-order valence-corrected chi connectivity index (χ3v) is 6.40. The van der Waals surface area contributed by atoms with Gasteiger partial charge in [0.15, 0.2) is 28.1 Å². The van der Waals surface area contributed by atoms with Crippen LogP contribution < -0.4 is 24.3 Å². The first-order valence-electron chi connectivity index (χ1n) is 11.3. The van der Waals surface area contributed by atoms with E-state index in [9.17, 15) is 10.1 Å². The van der Waals surface area contributed by atoms with Gasteiger partial charge >= 0.3 is 0 Å². The molecule has 3 aromatic carbocycles. The van der Waals surface area contributed by atoms with Gasteiger partial charge < -0.3 is 29.2 Å². The fraction of sp³-hybridized carbons (Fsp3) is 0.269. The van der Waals surface area contributed by atoms with E-state index in [4.69, 9.17) is 31.2 Å². The monoisotopic (exact) mass is 509 g/mol. The van der Waals surface area contributed by atoms with Crippen molar-refractivity contribution >= 4 is 28.7 Å². The molecular weight excluding hydrogens is 482 g/mol. The first-order valence-corrected chi connectivity index (χ1v) is 11.7. The van der Waals surface area contributed by atoms with Crippen LogP contribution in [0.2, 0.25) is 0 Å². The highest BCUT2D eigenvalue weighted by Gasteiger charge is 2.32. The number of benzene rings is 3. The second kappa shape index (κ2) is 11.1. The molecule has 1 atom stereocenters. The van der Waals surface area contributed by atoms with Crippen LogP contribution in [0.5, 0.6) is 23.0 Å². The smallest absolute Gasteiger partial charge is 0.269 e. The molecule has 0 amide bonds. The van der Waals surface area contributed by atoms with Gasteiger partial charge in [0.25, 0.3) is 5.69 Å². The molecule has 3 aromatic rings. The number of hydrogen-bond donors (Lipinski definition) is 1. The topological polar surface area (TPSA) is 95.3 Å². The number of para-hydroxylation sites is 2. The molecule has 10 heteroatoms. The van der Waals surface area contributed by atoms with Crippen molar-refractivity contribution in [3.05, 3.63) is 81.9 Å². The van der Waals surface area contributed by atoms with Crippen LogP contribution in [0.1, 0.15) is 17.2 Å². The van der Waals surface area contributed by atoms with Gasteiger partial charge in [-0.3, -0.25) is 10.1 Å². The molecule has 0 saturated heterocycles. The molecule has 1 aliphatic rings. The number of thiocarbonyl (C=S) groups is 1. The van der Waals surface area contributed by atoms with Gasteiger partial charge in [-0.05, 0) is 66.2 Å². The van der Waals surface area contributed by atoms with Gasteiger partial charge in [-0.15, -0.1) is 0 Å². The number of anilines is 1. The quantitative estimate of drug-likeness (QED) is 0.256. The lowest BCUT2D eigenvalue weighted by molar-refractivity contribution is -0.384. The first kappa shape index (κ1) is 25.1. The minimum Gasteiger partial charge on any atom is -0.493 e. The Balaban J connectivity index is 1.64. The summed E-state index contributed by atoms with van der Waals surface area (Å²) in [6.07, 6.45) is 0.739. The molecule has 0 fully saturated rings. The molecule has 0 saturated carbocycles. The average molecular weight is 510 g/mol. The van der Waals surface area contributed by atoms with Gasteiger partial charge in [-0.25, -0.2) is 0 Å². The maximum Gasteiger partial charge on any atom is 0.269 e.